The summed E-state index contributed by atoms with van der Waals surface area (Å²) in [5, 5.41) is 15.9. The van der Waals surface area contributed by atoms with Crippen molar-refractivity contribution in [2.24, 2.45) is 7.05 Å². The Morgan fingerprint density at radius 3 is 2.56 bits per heavy atom. The molecule has 0 radical (unpaired) electrons. The van der Waals surface area contributed by atoms with Gasteiger partial charge in [0.2, 0.25) is 0 Å². The number of rotatable bonds is 5. The van der Waals surface area contributed by atoms with Gasteiger partial charge in [-0.3, -0.25) is 9.58 Å². The zero-order valence-corrected chi connectivity index (χ0v) is 21.1. The van der Waals surface area contributed by atoms with E-state index in [0.29, 0.717) is 24.7 Å². The summed E-state index contributed by atoms with van der Waals surface area (Å²) in [6.07, 6.45) is 1.08. The maximum absolute atomic E-state index is 11.6. The zero-order chi connectivity index (χ0) is 25.6. The first-order chi connectivity index (χ1) is 17.2. The van der Waals surface area contributed by atoms with Gasteiger partial charge in [0.15, 0.2) is 12.6 Å². The van der Waals surface area contributed by atoms with Gasteiger partial charge in [0.25, 0.3) is 0 Å². The summed E-state index contributed by atoms with van der Waals surface area (Å²) in [6, 6.07) is 9.81. The van der Waals surface area contributed by atoms with Crippen LogP contribution in [0.15, 0.2) is 36.5 Å². The lowest BCUT2D eigenvalue weighted by Gasteiger charge is -2.44. The Balaban J connectivity index is 1.52. The first-order valence-corrected chi connectivity index (χ1v) is 11.9. The Morgan fingerprint density at radius 1 is 1.11 bits per heavy atom. The molecule has 0 saturated carbocycles. The molecule has 188 valence electrons. The van der Waals surface area contributed by atoms with Crippen LogP contribution in [-0.2, 0) is 11.8 Å². The molecule has 2 aromatic heterocycles. The van der Waals surface area contributed by atoms with Crippen molar-refractivity contribution in [3.8, 4) is 17.1 Å². The predicted molar refractivity (Wildman–Crippen MR) is 137 cm³/mol. The number of hydrogen-bond donors (Lipinski definition) is 1. The molecular weight excluding hydrogens is 460 g/mol. The predicted octanol–water partition coefficient (Wildman–Crippen LogP) is 4.05. The van der Waals surface area contributed by atoms with E-state index in [-0.39, 0.29) is 18.9 Å². The molecule has 4 aromatic rings. The standard InChI is InChI=1S/C26H30N6O4/c1-15-11-31(12-16(2)32(15)26(33)34)19-6-7-22-20(9-19)17(3)27-25(28-22)21-8-18-13-30(4)29-23(18)10-24(21)36-14-35-5/h6-10,13,15-16H,11-12,14H2,1-5H3,(H,33,34)/t15-,16-/m0/s1. The van der Waals surface area contributed by atoms with Crippen LogP contribution in [0.25, 0.3) is 33.2 Å². The fourth-order valence-electron chi connectivity index (χ4n) is 5.09. The van der Waals surface area contributed by atoms with Gasteiger partial charge >= 0.3 is 6.09 Å². The maximum atomic E-state index is 11.6. The van der Waals surface area contributed by atoms with E-state index in [2.05, 4.69) is 16.1 Å². The van der Waals surface area contributed by atoms with E-state index in [1.165, 1.54) is 4.90 Å². The number of carboxylic acid groups (broad SMARTS) is 1. The molecular formula is C26H30N6O4. The molecule has 36 heavy (non-hydrogen) atoms. The summed E-state index contributed by atoms with van der Waals surface area (Å²) >= 11 is 0. The molecule has 0 spiro atoms. The number of carbonyl (C=O) groups is 1. The highest BCUT2D eigenvalue weighted by atomic mass is 16.7. The van der Waals surface area contributed by atoms with Crippen LogP contribution < -0.4 is 9.64 Å². The van der Waals surface area contributed by atoms with Crippen LogP contribution in [0.5, 0.6) is 5.75 Å². The minimum Gasteiger partial charge on any atom is -0.467 e. The second kappa shape index (κ2) is 9.27. The van der Waals surface area contributed by atoms with Gasteiger partial charge in [0.05, 0.1) is 28.7 Å². The fourth-order valence-corrected chi connectivity index (χ4v) is 5.09. The van der Waals surface area contributed by atoms with Gasteiger partial charge in [0.1, 0.15) is 5.75 Å². The third-order valence-corrected chi connectivity index (χ3v) is 6.67. The minimum atomic E-state index is -0.872. The van der Waals surface area contributed by atoms with Gasteiger partial charge in [-0.25, -0.2) is 14.8 Å². The molecule has 5 rings (SSSR count). The quantitative estimate of drug-likeness (QED) is 0.418. The summed E-state index contributed by atoms with van der Waals surface area (Å²) in [5.41, 5.74) is 4.31. The normalized spacial score (nSPS) is 18.2. The average molecular weight is 491 g/mol. The fraction of sp³-hybridized carbons (Fsp3) is 0.385. The molecule has 10 heteroatoms. The molecule has 1 saturated heterocycles. The SMILES string of the molecule is COCOc1cc2nn(C)cc2cc1-c1nc(C)c2cc(N3C[C@H](C)N(C(=O)O)[C@@H](C)C3)ccc2n1. The smallest absolute Gasteiger partial charge is 0.407 e. The molecule has 2 atom stereocenters. The van der Waals surface area contributed by atoms with Crippen molar-refractivity contribution in [2.75, 3.05) is 31.9 Å². The van der Waals surface area contributed by atoms with Crippen LogP contribution in [0.1, 0.15) is 19.5 Å². The number of ether oxygens (including phenoxy) is 2. The third kappa shape index (κ3) is 4.28. The van der Waals surface area contributed by atoms with Gasteiger partial charge in [-0.1, -0.05) is 0 Å². The van der Waals surface area contributed by atoms with Gasteiger partial charge < -0.3 is 19.5 Å². The number of benzene rings is 2. The number of fused-ring (bicyclic) bond motifs is 2. The van der Waals surface area contributed by atoms with Crippen LogP contribution in [-0.4, -0.2) is 74.9 Å². The Kier molecular flexibility index (Phi) is 6.13. The van der Waals surface area contributed by atoms with Crippen LogP contribution in [0.2, 0.25) is 0 Å². The number of amides is 1. The molecule has 0 bridgehead atoms. The summed E-state index contributed by atoms with van der Waals surface area (Å²) in [7, 11) is 3.46. The molecule has 1 amide bonds. The van der Waals surface area contributed by atoms with Crippen molar-refractivity contribution in [3.63, 3.8) is 0 Å². The molecule has 1 aliphatic rings. The molecule has 1 aliphatic heterocycles. The summed E-state index contributed by atoms with van der Waals surface area (Å²) in [5.74, 6) is 1.18. The number of aryl methyl sites for hydroxylation is 2. The lowest BCUT2D eigenvalue weighted by Crippen LogP contribution is -2.58. The van der Waals surface area contributed by atoms with E-state index in [4.69, 9.17) is 19.4 Å². The maximum Gasteiger partial charge on any atom is 0.407 e. The van der Waals surface area contributed by atoms with Gasteiger partial charge in [0, 0.05) is 61.7 Å². The van der Waals surface area contributed by atoms with E-state index in [1.54, 1.807) is 11.8 Å². The van der Waals surface area contributed by atoms with Crippen molar-refractivity contribution in [2.45, 2.75) is 32.9 Å². The van der Waals surface area contributed by atoms with Gasteiger partial charge in [-0.2, -0.15) is 5.10 Å². The number of methoxy groups -OCH3 is 1. The molecule has 3 heterocycles. The molecule has 10 nitrogen and oxygen atoms in total. The van der Waals surface area contributed by atoms with Crippen molar-refractivity contribution in [1.29, 1.82) is 0 Å². The van der Waals surface area contributed by atoms with Crippen LogP contribution in [0.3, 0.4) is 0 Å². The second-order valence-electron chi connectivity index (χ2n) is 9.39. The Bertz CT molecular complexity index is 1440. The lowest BCUT2D eigenvalue weighted by molar-refractivity contribution is 0.0516. The zero-order valence-electron chi connectivity index (χ0n) is 21.1. The summed E-state index contributed by atoms with van der Waals surface area (Å²) < 4.78 is 12.7. The van der Waals surface area contributed by atoms with Crippen LogP contribution >= 0.6 is 0 Å². The number of hydrogen-bond acceptors (Lipinski definition) is 7. The topological polar surface area (TPSA) is 106 Å². The monoisotopic (exact) mass is 490 g/mol. The average Bonchev–Trinajstić information content (AvgIpc) is 3.20. The number of piperazine rings is 1. The second-order valence-corrected chi connectivity index (χ2v) is 9.39. The Morgan fingerprint density at radius 2 is 1.86 bits per heavy atom. The molecule has 2 aromatic carbocycles. The third-order valence-electron chi connectivity index (χ3n) is 6.67. The van der Waals surface area contributed by atoms with Crippen molar-refractivity contribution < 1.29 is 19.4 Å². The van der Waals surface area contributed by atoms with Crippen LogP contribution in [0.4, 0.5) is 10.5 Å². The number of anilines is 1. The van der Waals surface area contributed by atoms with Crippen molar-refractivity contribution >= 4 is 33.6 Å². The van der Waals surface area contributed by atoms with E-state index in [0.717, 1.165) is 38.8 Å². The van der Waals surface area contributed by atoms with E-state index in [1.807, 2.05) is 58.3 Å². The van der Waals surface area contributed by atoms with Crippen LogP contribution in [0, 0.1) is 6.92 Å². The molecule has 1 N–H and O–H groups in total. The number of nitrogens with zero attached hydrogens (tertiary/aromatic N) is 6. The van der Waals surface area contributed by atoms with E-state index < -0.39 is 6.09 Å². The first-order valence-electron chi connectivity index (χ1n) is 11.9. The molecule has 1 fully saturated rings. The Labute approximate surface area is 209 Å². The number of aromatic nitrogens is 4. The van der Waals surface area contributed by atoms with Crippen molar-refractivity contribution in [1.82, 2.24) is 24.6 Å². The summed E-state index contributed by atoms with van der Waals surface area (Å²) in [4.78, 5) is 25.1. The van der Waals surface area contributed by atoms with Crippen molar-refractivity contribution in [3.05, 3.63) is 42.2 Å². The lowest BCUT2D eigenvalue weighted by atomic mass is 10.1. The summed E-state index contributed by atoms with van der Waals surface area (Å²) in [6.45, 7) is 7.23. The molecule has 0 aliphatic carbocycles. The van der Waals surface area contributed by atoms with Gasteiger partial charge in [-0.15, -0.1) is 0 Å². The van der Waals surface area contributed by atoms with E-state index in [9.17, 15) is 9.90 Å². The largest absolute Gasteiger partial charge is 0.467 e. The molecule has 0 unspecified atom stereocenters. The van der Waals surface area contributed by atoms with Gasteiger partial charge in [-0.05, 0) is 45.0 Å². The first kappa shape index (κ1) is 23.8. The highest BCUT2D eigenvalue weighted by Gasteiger charge is 2.33. The highest BCUT2D eigenvalue weighted by molar-refractivity contribution is 5.90. The minimum absolute atomic E-state index is 0.102. The highest BCUT2D eigenvalue weighted by Crippen LogP contribution is 2.34. The van der Waals surface area contributed by atoms with E-state index >= 15 is 0 Å². The Hall–Kier alpha value is -3.92.